The number of hydrogen-bond donors (Lipinski definition) is 1. The fourth-order valence-electron chi connectivity index (χ4n) is 1.86. The minimum Gasteiger partial charge on any atom is -0.383 e. The highest BCUT2D eigenvalue weighted by molar-refractivity contribution is 5.47. The Kier molecular flexibility index (Phi) is 3.39. The first-order valence-electron chi connectivity index (χ1n) is 5.57. The van der Waals surface area contributed by atoms with Gasteiger partial charge in [-0.2, -0.15) is 0 Å². The first-order chi connectivity index (χ1) is 8.59. The zero-order valence-corrected chi connectivity index (χ0v) is 9.91. The molecule has 0 fully saturated rings. The Balaban J connectivity index is 2.48. The first kappa shape index (κ1) is 12.3. The Morgan fingerprint density at radius 1 is 1.17 bits per heavy atom. The van der Waals surface area contributed by atoms with Gasteiger partial charge in [0.15, 0.2) is 0 Å². The Bertz CT molecular complexity index is 567. The third-order valence-corrected chi connectivity index (χ3v) is 2.79. The summed E-state index contributed by atoms with van der Waals surface area (Å²) in [7, 11) is 0. The van der Waals surface area contributed by atoms with Crippen LogP contribution in [0.4, 0.5) is 5.69 Å². The van der Waals surface area contributed by atoms with Gasteiger partial charge in [-0.15, -0.1) is 0 Å². The number of hydrogen-bond acceptors (Lipinski definition) is 3. The number of rotatable bonds is 3. The minimum absolute atomic E-state index is 0.0497. The van der Waals surface area contributed by atoms with Crippen molar-refractivity contribution in [2.75, 3.05) is 0 Å². The van der Waals surface area contributed by atoms with Gasteiger partial charge < -0.3 is 5.11 Å². The topological polar surface area (TPSA) is 63.4 Å². The molecule has 18 heavy (non-hydrogen) atoms. The van der Waals surface area contributed by atoms with Crippen molar-refractivity contribution in [1.82, 2.24) is 0 Å². The van der Waals surface area contributed by atoms with Crippen molar-refractivity contribution in [1.29, 1.82) is 0 Å². The van der Waals surface area contributed by atoms with Crippen LogP contribution in [0.15, 0.2) is 48.5 Å². The van der Waals surface area contributed by atoms with Gasteiger partial charge >= 0.3 is 0 Å². The summed E-state index contributed by atoms with van der Waals surface area (Å²) < 4.78 is 0. The van der Waals surface area contributed by atoms with Gasteiger partial charge in [0, 0.05) is 6.07 Å². The van der Waals surface area contributed by atoms with E-state index in [1.807, 2.05) is 6.07 Å². The fraction of sp³-hybridized carbons (Fsp3) is 0.143. The van der Waals surface area contributed by atoms with Crippen LogP contribution in [0.2, 0.25) is 0 Å². The van der Waals surface area contributed by atoms with Gasteiger partial charge in [0.25, 0.3) is 5.69 Å². The Morgan fingerprint density at radius 3 is 2.44 bits per heavy atom. The van der Waals surface area contributed by atoms with Crippen LogP contribution in [0.5, 0.6) is 0 Å². The fourth-order valence-corrected chi connectivity index (χ4v) is 1.86. The molecule has 0 aromatic heterocycles. The molecule has 0 saturated heterocycles. The SMILES string of the molecule is Cc1ccc(C(O)c2ccccc2)c([N+](=O)[O-])c1. The van der Waals surface area contributed by atoms with Gasteiger partial charge in [-0.1, -0.05) is 36.4 Å². The Morgan fingerprint density at radius 2 is 1.83 bits per heavy atom. The van der Waals surface area contributed by atoms with Crippen LogP contribution in [-0.2, 0) is 0 Å². The molecule has 1 unspecified atom stereocenters. The summed E-state index contributed by atoms with van der Waals surface area (Å²) in [5.74, 6) is 0. The number of nitro benzene ring substituents is 1. The molecule has 4 nitrogen and oxygen atoms in total. The van der Waals surface area contributed by atoms with Gasteiger partial charge in [0.2, 0.25) is 0 Å². The van der Waals surface area contributed by atoms with E-state index in [2.05, 4.69) is 0 Å². The van der Waals surface area contributed by atoms with Crippen LogP contribution in [0.25, 0.3) is 0 Å². The van der Waals surface area contributed by atoms with Crippen molar-refractivity contribution < 1.29 is 10.0 Å². The molecule has 0 radical (unpaired) electrons. The number of aliphatic hydroxyl groups is 1. The van der Waals surface area contributed by atoms with E-state index in [9.17, 15) is 15.2 Å². The molecule has 2 aromatic carbocycles. The second kappa shape index (κ2) is 4.98. The maximum atomic E-state index is 11.0. The lowest BCUT2D eigenvalue weighted by Crippen LogP contribution is -2.04. The highest BCUT2D eigenvalue weighted by atomic mass is 16.6. The molecule has 2 rings (SSSR count). The van der Waals surface area contributed by atoms with Crippen LogP contribution in [-0.4, -0.2) is 10.0 Å². The lowest BCUT2D eigenvalue weighted by atomic mass is 9.99. The average molecular weight is 243 g/mol. The van der Waals surface area contributed by atoms with Gasteiger partial charge in [0.05, 0.1) is 10.5 Å². The monoisotopic (exact) mass is 243 g/mol. The molecular formula is C14H13NO3. The largest absolute Gasteiger partial charge is 0.383 e. The lowest BCUT2D eigenvalue weighted by molar-refractivity contribution is -0.386. The molecule has 92 valence electrons. The minimum atomic E-state index is -0.979. The van der Waals surface area contributed by atoms with Crippen LogP contribution in [0, 0.1) is 17.0 Å². The Labute approximate surface area is 105 Å². The predicted molar refractivity (Wildman–Crippen MR) is 68.3 cm³/mol. The van der Waals surface area contributed by atoms with E-state index in [0.717, 1.165) is 5.56 Å². The van der Waals surface area contributed by atoms with E-state index in [1.165, 1.54) is 6.07 Å². The molecule has 0 bridgehead atoms. The van der Waals surface area contributed by atoms with Crippen LogP contribution >= 0.6 is 0 Å². The number of nitro groups is 1. The van der Waals surface area contributed by atoms with Crippen molar-refractivity contribution >= 4 is 5.69 Å². The average Bonchev–Trinajstić information content (AvgIpc) is 2.39. The second-order valence-corrected chi connectivity index (χ2v) is 4.13. The smallest absolute Gasteiger partial charge is 0.275 e. The second-order valence-electron chi connectivity index (χ2n) is 4.13. The van der Waals surface area contributed by atoms with E-state index >= 15 is 0 Å². The molecule has 0 saturated carbocycles. The summed E-state index contributed by atoms with van der Waals surface area (Å²) >= 11 is 0. The van der Waals surface area contributed by atoms with Gasteiger partial charge in [-0.25, -0.2) is 0 Å². The van der Waals surface area contributed by atoms with E-state index in [-0.39, 0.29) is 5.69 Å². The maximum absolute atomic E-state index is 11.0. The summed E-state index contributed by atoms with van der Waals surface area (Å²) in [5, 5.41) is 21.2. The molecule has 0 heterocycles. The van der Waals surface area contributed by atoms with Crippen molar-refractivity contribution in [3.8, 4) is 0 Å². The van der Waals surface area contributed by atoms with Gasteiger partial charge in [0.1, 0.15) is 6.10 Å². The van der Waals surface area contributed by atoms with Crippen LogP contribution in [0.1, 0.15) is 22.8 Å². The molecule has 0 amide bonds. The quantitative estimate of drug-likeness (QED) is 0.665. The highest BCUT2D eigenvalue weighted by Gasteiger charge is 2.21. The van der Waals surface area contributed by atoms with Crippen LogP contribution in [0.3, 0.4) is 0 Å². The van der Waals surface area contributed by atoms with Crippen molar-refractivity contribution in [2.24, 2.45) is 0 Å². The molecular weight excluding hydrogens is 230 g/mol. The third-order valence-electron chi connectivity index (χ3n) is 2.79. The molecule has 0 aliphatic carbocycles. The predicted octanol–water partition coefficient (Wildman–Crippen LogP) is 2.98. The summed E-state index contributed by atoms with van der Waals surface area (Å²) in [5.41, 5.74) is 1.71. The normalized spacial score (nSPS) is 12.1. The highest BCUT2D eigenvalue weighted by Crippen LogP contribution is 2.30. The molecule has 1 N–H and O–H groups in total. The third kappa shape index (κ3) is 2.38. The zero-order chi connectivity index (χ0) is 13.1. The van der Waals surface area contributed by atoms with Crippen molar-refractivity contribution in [3.63, 3.8) is 0 Å². The van der Waals surface area contributed by atoms with E-state index in [4.69, 9.17) is 0 Å². The maximum Gasteiger partial charge on any atom is 0.275 e. The lowest BCUT2D eigenvalue weighted by Gasteiger charge is -2.12. The van der Waals surface area contributed by atoms with Crippen molar-refractivity contribution in [2.45, 2.75) is 13.0 Å². The molecule has 0 aliphatic rings. The summed E-state index contributed by atoms with van der Waals surface area (Å²) in [6.07, 6.45) is -0.979. The first-order valence-corrected chi connectivity index (χ1v) is 5.57. The van der Waals surface area contributed by atoms with Gasteiger partial charge in [-0.05, 0) is 24.1 Å². The molecule has 1 atom stereocenters. The van der Waals surface area contributed by atoms with Gasteiger partial charge in [-0.3, -0.25) is 10.1 Å². The van der Waals surface area contributed by atoms with Crippen molar-refractivity contribution in [3.05, 3.63) is 75.3 Å². The summed E-state index contributed by atoms with van der Waals surface area (Å²) in [4.78, 5) is 10.5. The number of aliphatic hydroxyl groups excluding tert-OH is 1. The molecule has 2 aromatic rings. The molecule has 0 spiro atoms. The zero-order valence-electron chi connectivity index (χ0n) is 9.91. The van der Waals surface area contributed by atoms with E-state index < -0.39 is 11.0 Å². The standard InChI is InChI=1S/C14H13NO3/c1-10-7-8-12(13(9-10)15(17)18)14(16)11-5-3-2-4-6-11/h2-9,14,16H,1H3. The molecule has 0 aliphatic heterocycles. The number of nitrogens with zero attached hydrogens (tertiary/aromatic N) is 1. The van der Waals surface area contributed by atoms with Crippen LogP contribution < -0.4 is 0 Å². The summed E-state index contributed by atoms with van der Waals surface area (Å²) in [6.45, 7) is 1.78. The van der Waals surface area contributed by atoms with E-state index in [1.54, 1.807) is 43.3 Å². The number of benzene rings is 2. The number of aryl methyl sites for hydroxylation is 1. The molecule has 4 heteroatoms. The summed E-state index contributed by atoms with van der Waals surface area (Å²) in [6, 6.07) is 13.7. The van der Waals surface area contributed by atoms with E-state index in [0.29, 0.717) is 11.1 Å². The Hall–Kier alpha value is -2.20.